The van der Waals surface area contributed by atoms with Crippen LogP contribution in [0.4, 0.5) is 14.6 Å². The number of benzene rings is 1. The van der Waals surface area contributed by atoms with Gasteiger partial charge in [-0.3, -0.25) is 4.79 Å². The van der Waals surface area contributed by atoms with Crippen LogP contribution >= 0.6 is 0 Å². The minimum atomic E-state index is -0.518. The molecule has 1 amide bonds. The Morgan fingerprint density at radius 3 is 2.91 bits per heavy atom. The Morgan fingerprint density at radius 2 is 2.17 bits per heavy atom. The van der Waals surface area contributed by atoms with E-state index in [4.69, 9.17) is 4.74 Å². The molecule has 0 spiro atoms. The van der Waals surface area contributed by atoms with E-state index in [1.165, 1.54) is 4.68 Å². The first-order valence-electron chi connectivity index (χ1n) is 7.26. The zero-order valence-electron chi connectivity index (χ0n) is 13.1. The Labute approximate surface area is 133 Å². The van der Waals surface area contributed by atoms with Gasteiger partial charge in [0, 0.05) is 31.3 Å². The fourth-order valence-corrected chi connectivity index (χ4v) is 2.16. The van der Waals surface area contributed by atoms with Crippen LogP contribution in [0.1, 0.15) is 24.0 Å². The maximum absolute atomic E-state index is 13.8. The van der Waals surface area contributed by atoms with E-state index < -0.39 is 11.6 Å². The summed E-state index contributed by atoms with van der Waals surface area (Å²) in [6.07, 6.45) is 2.49. The van der Waals surface area contributed by atoms with E-state index in [1.54, 1.807) is 20.2 Å². The molecular formula is C16H19F2N3O2. The number of aryl methyl sites for hydroxylation is 1. The van der Waals surface area contributed by atoms with Gasteiger partial charge < -0.3 is 10.1 Å². The predicted molar refractivity (Wildman–Crippen MR) is 82.2 cm³/mol. The van der Waals surface area contributed by atoms with Crippen molar-refractivity contribution in [3.63, 3.8) is 0 Å². The molecule has 0 radical (unpaired) electrons. The van der Waals surface area contributed by atoms with Crippen LogP contribution < -0.4 is 5.32 Å². The summed E-state index contributed by atoms with van der Waals surface area (Å²) in [6.45, 7) is 2.32. The van der Waals surface area contributed by atoms with Crippen molar-refractivity contribution in [2.24, 2.45) is 0 Å². The zero-order valence-corrected chi connectivity index (χ0v) is 13.1. The molecule has 0 saturated heterocycles. The van der Waals surface area contributed by atoms with Crippen molar-refractivity contribution in [1.29, 1.82) is 0 Å². The van der Waals surface area contributed by atoms with Crippen molar-refractivity contribution in [2.75, 3.05) is 19.0 Å². The van der Waals surface area contributed by atoms with Crippen molar-refractivity contribution >= 4 is 11.7 Å². The Morgan fingerprint density at radius 1 is 1.39 bits per heavy atom. The van der Waals surface area contributed by atoms with E-state index in [0.29, 0.717) is 25.3 Å². The number of nitrogens with zero attached hydrogens (tertiary/aromatic N) is 2. The summed E-state index contributed by atoms with van der Waals surface area (Å²) in [5, 5.41) is 6.88. The maximum Gasteiger partial charge on any atom is 0.225 e. The molecule has 2 rings (SSSR count). The lowest BCUT2D eigenvalue weighted by Gasteiger charge is -2.11. The first-order chi connectivity index (χ1) is 11.0. The number of amides is 1. The van der Waals surface area contributed by atoms with Gasteiger partial charge in [-0.05, 0) is 31.5 Å². The summed E-state index contributed by atoms with van der Waals surface area (Å²) in [7, 11) is 1.57. The summed E-state index contributed by atoms with van der Waals surface area (Å²) in [5.74, 6) is -0.727. The molecule has 0 fully saturated rings. The second-order valence-corrected chi connectivity index (χ2v) is 5.21. The Kier molecular flexibility index (Phi) is 5.81. The average Bonchev–Trinajstić information content (AvgIpc) is 2.84. The van der Waals surface area contributed by atoms with Crippen molar-refractivity contribution in [2.45, 2.75) is 26.3 Å². The molecule has 0 saturated carbocycles. The Bertz CT molecular complexity index is 686. The summed E-state index contributed by atoms with van der Waals surface area (Å²) < 4.78 is 33.4. The Hall–Kier alpha value is -2.28. The number of anilines is 1. The van der Waals surface area contributed by atoms with Gasteiger partial charge >= 0.3 is 0 Å². The molecule has 0 bridgehead atoms. The lowest BCUT2D eigenvalue weighted by molar-refractivity contribution is -0.116. The molecule has 1 heterocycles. The number of ether oxygens (including phenoxy) is 1. The quantitative estimate of drug-likeness (QED) is 0.797. The molecule has 0 aliphatic rings. The van der Waals surface area contributed by atoms with Crippen LogP contribution in [0.25, 0.3) is 0 Å². The summed E-state index contributed by atoms with van der Waals surface area (Å²) >= 11 is 0. The van der Waals surface area contributed by atoms with Crippen LogP contribution in [0.5, 0.6) is 0 Å². The van der Waals surface area contributed by atoms with Gasteiger partial charge in [0.15, 0.2) is 0 Å². The lowest BCUT2D eigenvalue weighted by atomic mass is 10.2. The third kappa shape index (κ3) is 4.59. The van der Waals surface area contributed by atoms with Crippen LogP contribution in [0, 0.1) is 18.6 Å². The monoisotopic (exact) mass is 323 g/mol. The largest absolute Gasteiger partial charge is 0.385 e. The number of carbonyl (C=O) groups is 1. The lowest BCUT2D eigenvalue weighted by Crippen LogP contribution is -2.17. The number of halogens is 2. The first kappa shape index (κ1) is 17.1. The summed E-state index contributed by atoms with van der Waals surface area (Å²) in [5.41, 5.74) is 0.921. The van der Waals surface area contributed by atoms with Crippen molar-refractivity contribution in [3.8, 4) is 0 Å². The number of hydrogen-bond donors (Lipinski definition) is 1. The number of carbonyl (C=O) groups excluding carboxylic acids is 1. The van der Waals surface area contributed by atoms with E-state index in [1.807, 2.05) is 0 Å². The van der Waals surface area contributed by atoms with Gasteiger partial charge in [-0.1, -0.05) is 0 Å². The highest BCUT2D eigenvalue weighted by Crippen LogP contribution is 2.18. The zero-order chi connectivity index (χ0) is 16.8. The summed E-state index contributed by atoms with van der Waals surface area (Å²) in [4.78, 5) is 11.9. The fraction of sp³-hybridized carbons (Fsp3) is 0.375. The van der Waals surface area contributed by atoms with Gasteiger partial charge in [-0.2, -0.15) is 5.10 Å². The smallest absolute Gasteiger partial charge is 0.225 e. The highest BCUT2D eigenvalue weighted by molar-refractivity contribution is 5.90. The highest BCUT2D eigenvalue weighted by Gasteiger charge is 2.13. The van der Waals surface area contributed by atoms with Crippen LogP contribution in [-0.2, 0) is 16.1 Å². The highest BCUT2D eigenvalue weighted by atomic mass is 19.1. The van der Waals surface area contributed by atoms with Crippen LogP contribution in [0.15, 0.2) is 24.4 Å². The minimum Gasteiger partial charge on any atom is -0.385 e. The third-order valence-electron chi connectivity index (χ3n) is 3.36. The molecule has 7 heteroatoms. The van der Waals surface area contributed by atoms with E-state index in [-0.39, 0.29) is 18.0 Å². The second-order valence-electron chi connectivity index (χ2n) is 5.21. The number of methoxy groups -OCH3 is 1. The molecular weight excluding hydrogens is 304 g/mol. The van der Waals surface area contributed by atoms with Crippen molar-refractivity contribution < 1.29 is 18.3 Å². The van der Waals surface area contributed by atoms with Crippen LogP contribution in [0.3, 0.4) is 0 Å². The van der Waals surface area contributed by atoms with E-state index >= 15 is 0 Å². The molecule has 1 N–H and O–H groups in total. The molecule has 23 heavy (non-hydrogen) atoms. The van der Waals surface area contributed by atoms with E-state index in [0.717, 1.165) is 23.8 Å². The van der Waals surface area contributed by atoms with E-state index in [2.05, 4.69) is 10.4 Å². The normalized spacial score (nSPS) is 10.8. The van der Waals surface area contributed by atoms with Gasteiger partial charge in [-0.15, -0.1) is 0 Å². The number of rotatable bonds is 7. The van der Waals surface area contributed by atoms with Crippen molar-refractivity contribution in [1.82, 2.24) is 9.78 Å². The van der Waals surface area contributed by atoms with Gasteiger partial charge in [0.2, 0.25) is 5.91 Å². The summed E-state index contributed by atoms with van der Waals surface area (Å²) in [6, 6.07) is 3.26. The number of hydrogen-bond acceptors (Lipinski definition) is 3. The van der Waals surface area contributed by atoms with Gasteiger partial charge in [-0.25, -0.2) is 13.5 Å². The fourth-order valence-electron chi connectivity index (χ4n) is 2.16. The van der Waals surface area contributed by atoms with Crippen LogP contribution in [0.2, 0.25) is 0 Å². The van der Waals surface area contributed by atoms with Crippen LogP contribution in [-0.4, -0.2) is 29.4 Å². The molecule has 124 valence electrons. The molecule has 0 atom stereocenters. The Balaban J connectivity index is 2.12. The third-order valence-corrected chi connectivity index (χ3v) is 3.36. The second kappa shape index (κ2) is 7.82. The topological polar surface area (TPSA) is 56.1 Å². The minimum absolute atomic E-state index is 0.0329. The van der Waals surface area contributed by atoms with E-state index in [9.17, 15) is 13.6 Å². The molecule has 0 aliphatic carbocycles. The molecule has 0 aliphatic heterocycles. The van der Waals surface area contributed by atoms with Gasteiger partial charge in [0.25, 0.3) is 0 Å². The molecule has 0 unspecified atom stereocenters. The SMILES string of the molecule is COCCCC(=O)Nc1c(C)cnn1Cc1cc(F)ccc1F. The maximum atomic E-state index is 13.8. The number of nitrogens with one attached hydrogen (secondary N) is 1. The standard InChI is InChI=1S/C16H19F2N3O2/c1-11-9-19-21(10-12-8-13(17)5-6-14(12)18)16(11)20-15(22)4-3-7-23-2/h5-6,8-9H,3-4,7,10H2,1-2H3,(H,20,22). The molecule has 5 nitrogen and oxygen atoms in total. The first-order valence-corrected chi connectivity index (χ1v) is 7.26. The van der Waals surface area contributed by atoms with Crippen molar-refractivity contribution in [3.05, 3.63) is 47.2 Å². The van der Waals surface area contributed by atoms with Gasteiger partial charge in [0.1, 0.15) is 17.5 Å². The molecule has 1 aromatic carbocycles. The molecule has 1 aromatic heterocycles. The predicted octanol–water partition coefficient (Wildman–Crippen LogP) is 2.88. The molecule has 2 aromatic rings. The van der Waals surface area contributed by atoms with Gasteiger partial charge in [0.05, 0.1) is 12.7 Å². The number of aromatic nitrogens is 2. The average molecular weight is 323 g/mol.